The Morgan fingerprint density at radius 1 is 1.21 bits per heavy atom. The van der Waals surface area contributed by atoms with Crippen LogP contribution in [-0.4, -0.2) is 22.9 Å². The summed E-state index contributed by atoms with van der Waals surface area (Å²) in [6, 6.07) is 12.7. The van der Waals surface area contributed by atoms with E-state index in [1.54, 1.807) is 18.2 Å². The first-order chi connectivity index (χ1) is 13.4. The van der Waals surface area contributed by atoms with E-state index in [9.17, 15) is 4.79 Å². The van der Waals surface area contributed by atoms with Crippen molar-refractivity contribution >= 4 is 57.6 Å². The van der Waals surface area contributed by atoms with Gasteiger partial charge in [-0.3, -0.25) is 9.69 Å². The first-order valence-corrected chi connectivity index (χ1v) is 10.5. The van der Waals surface area contributed by atoms with Crippen LogP contribution in [0.4, 0.5) is 5.69 Å². The number of ether oxygens (including phenoxy) is 2. The molecule has 0 N–H and O–H groups in total. The zero-order chi connectivity index (χ0) is 20.3. The minimum atomic E-state index is -0.169. The molecule has 1 saturated heterocycles. The number of nitrogens with zero attached hydrogens (tertiary/aromatic N) is 1. The second-order valence-corrected chi connectivity index (χ2v) is 8.41. The van der Waals surface area contributed by atoms with Crippen LogP contribution in [0, 0.1) is 0 Å². The minimum absolute atomic E-state index is 0.0407. The Morgan fingerprint density at radius 3 is 2.68 bits per heavy atom. The largest absolute Gasteiger partial charge is 0.490 e. The third-order valence-corrected chi connectivity index (χ3v) is 5.33. The van der Waals surface area contributed by atoms with Gasteiger partial charge in [0, 0.05) is 5.02 Å². The van der Waals surface area contributed by atoms with Gasteiger partial charge in [-0.1, -0.05) is 47.7 Å². The van der Waals surface area contributed by atoms with Gasteiger partial charge >= 0.3 is 0 Å². The highest BCUT2D eigenvalue weighted by Crippen LogP contribution is 2.38. The molecule has 0 bridgehead atoms. The fourth-order valence-corrected chi connectivity index (χ4v) is 4.17. The summed E-state index contributed by atoms with van der Waals surface area (Å²) in [5.41, 5.74) is 1.50. The highest BCUT2D eigenvalue weighted by molar-refractivity contribution is 8.27. The molecule has 0 radical (unpaired) electrons. The predicted octanol–water partition coefficient (Wildman–Crippen LogP) is 5.93. The number of halogens is 1. The monoisotopic (exact) mass is 433 g/mol. The molecule has 1 heterocycles. The molecule has 0 atom stereocenters. The van der Waals surface area contributed by atoms with Crippen LogP contribution >= 0.6 is 35.6 Å². The molecule has 2 aromatic carbocycles. The van der Waals surface area contributed by atoms with E-state index < -0.39 is 0 Å². The van der Waals surface area contributed by atoms with Crippen LogP contribution in [0.2, 0.25) is 5.02 Å². The Morgan fingerprint density at radius 2 is 2.00 bits per heavy atom. The van der Waals surface area contributed by atoms with Crippen molar-refractivity contribution in [2.24, 2.45) is 0 Å². The molecule has 2 aromatic rings. The van der Waals surface area contributed by atoms with Crippen molar-refractivity contribution in [2.75, 3.05) is 11.5 Å². The summed E-state index contributed by atoms with van der Waals surface area (Å²) in [6.07, 6.45) is 1.85. The Hall–Kier alpha value is -2.02. The summed E-state index contributed by atoms with van der Waals surface area (Å²) >= 11 is 12.7. The smallest absolute Gasteiger partial charge is 0.270 e. The van der Waals surface area contributed by atoms with E-state index in [1.165, 1.54) is 16.7 Å². The summed E-state index contributed by atoms with van der Waals surface area (Å²) in [4.78, 5) is 14.9. The van der Waals surface area contributed by atoms with E-state index in [0.717, 1.165) is 5.56 Å². The van der Waals surface area contributed by atoms with Crippen LogP contribution < -0.4 is 14.4 Å². The first kappa shape index (κ1) is 20.7. The molecule has 1 fully saturated rings. The van der Waals surface area contributed by atoms with Crippen LogP contribution in [0.3, 0.4) is 0 Å². The van der Waals surface area contributed by atoms with E-state index in [4.69, 9.17) is 33.3 Å². The van der Waals surface area contributed by atoms with Gasteiger partial charge in [0.15, 0.2) is 15.8 Å². The molecule has 146 valence electrons. The lowest BCUT2D eigenvalue weighted by atomic mass is 10.1. The molecule has 0 spiro atoms. The molecular formula is C21H20ClNO3S2. The number of hydrogen-bond acceptors (Lipinski definition) is 5. The summed E-state index contributed by atoms with van der Waals surface area (Å²) in [7, 11) is 0. The highest BCUT2D eigenvalue weighted by Gasteiger charge is 2.33. The Bertz CT molecular complexity index is 943. The van der Waals surface area contributed by atoms with Crippen molar-refractivity contribution in [1.29, 1.82) is 0 Å². The maximum atomic E-state index is 12.9. The van der Waals surface area contributed by atoms with Gasteiger partial charge in [0.1, 0.15) is 0 Å². The van der Waals surface area contributed by atoms with Gasteiger partial charge in [0.05, 0.1) is 23.3 Å². The van der Waals surface area contributed by atoms with Crippen molar-refractivity contribution in [2.45, 2.75) is 26.9 Å². The number of carbonyl (C=O) groups is 1. The predicted molar refractivity (Wildman–Crippen MR) is 120 cm³/mol. The fourth-order valence-electron chi connectivity index (χ4n) is 2.69. The lowest BCUT2D eigenvalue weighted by molar-refractivity contribution is -0.113. The summed E-state index contributed by atoms with van der Waals surface area (Å²) in [5.74, 6) is 1.16. The number of thioether (sulfide) groups is 1. The molecule has 1 amide bonds. The number of benzene rings is 2. The van der Waals surface area contributed by atoms with Crippen molar-refractivity contribution in [1.82, 2.24) is 0 Å². The van der Waals surface area contributed by atoms with Gasteiger partial charge in [0.2, 0.25) is 0 Å². The van der Waals surface area contributed by atoms with Gasteiger partial charge < -0.3 is 9.47 Å². The van der Waals surface area contributed by atoms with Crippen LogP contribution in [0.15, 0.2) is 47.4 Å². The van der Waals surface area contributed by atoms with E-state index in [0.29, 0.717) is 38.0 Å². The third-order valence-electron chi connectivity index (χ3n) is 3.79. The maximum absolute atomic E-state index is 12.9. The van der Waals surface area contributed by atoms with Gasteiger partial charge in [0.25, 0.3) is 5.91 Å². The third kappa shape index (κ3) is 4.69. The quantitative estimate of drug-likeness (QED) is 0.417. The van der Waals surface area contributed by atoms with Crippen LogP contribution in [0.5, 0.6) is 11.5 Å². The topological polar surface area (TPSA) is 38.8 Å². The van der Waals surface area contributed by atoms with Gasteiger partial charge in [-0.05, 0) is 62.7 Å². The van der Waals surface area contributed by atoms with Crippen LogP contribution in [0.25, 0.3) is 6.08 Å². The van der Waals surface area contributed by atoms with Gasteiger partial charge in [-0.2, -0.15) is 0 Å². The number of anilines is 1. The Labute approximate surface area is 179 Å². The van der Waals surface area contributed by atoms with Crippen LogP contribution in [-0.2, 0) is 4.79 Å². The molecule has 0 aromatic heterocycles. The number of amides is 1. The molecule has 1 aliphatic rings. The Balaban J connectivity index is 1.90. The molecule has 1 aliphatic heterocycles. The van der Waals surface area contributed by atoms with Crippen LogP contribution in [0.1, 0.15) is 26.3 Å². The molecule has 0 saturated carbocycles. The minimum Gasteiger partial charge on any atom is -0.490 e. The summed E-state index contributed by atoms with van der Waals surface area (Å²) < 4.78 is 12.0. The number of carbonyl (C=O) groups excluding carboxylic acids is 1. The van der Waals surface area contributed by atoms with Gasteiger partial charge in [-0.25, -0.2) is 0 Å². The van der Waals surface area contributed by atoms with Gasteiger partial charge in [-0.15, -0.1) is 0 Å². The van der Waals surface area contributed by atoms with E-state index >= 15 is 0 Å². The summed E-state index contributed by atoms with van der Waals surface area (Å²) in [6.45, 7) is 6.37. The molecule has 28 heavy (non-hydrogen) atoms. The maximum Gasteiger partial charge on any atom is 0.270 e. The molecule has 3 rings (SSSR count). The molecular weight excluding hydrogens is 414 g/mol. The highest BCUT2D eigenvalue weighted by atomic mass is 35.5. The van der Waals surface area contributed by atoms with E-state index in [1.807, 2.05) is 51.1 Å². The van der Waals surface area contributed by atoms with Crippen molar-refractivity contribution in [3.8, 4) is 11.5 Å². The summed E-state index contributed by atoms with van der Waals surface area (Å²) in [5, 5.41) is 0.553. The normalized spacial score (nSPS) is 15.6. The van der Waals surface area contributed by atoms with Crippen molar-refractivity contribution in [3.05, 3.63) is 58.0 Å². The number of hydrogen-bond donors (Lipinski definition) is 0. The van der Waals surface area contributed by atoms with E-state index in [2.05, 4.69) is 0 Å². The van der Waals surface area contributed by atoms with E-state index in [-0.39, 0.29) is 12.0 Å². The fraction of sp³-hybridized carbons (Fsp3) is 0.238. The SMILES string of the molecule is CCOc1cc(/C=C2\SC(=S)N(c3cccc(Cl)c3)C2=O)ccc1OC(C)C. The Kier molecular flexibility index (Phi) is 6.65. The molecule has 7 heteroatoms. The average molecular weight is 434 g/mol. The second-order valence-electron chi connectivity index (χ2n) is 6.30. The zero-order valence-electron chi connectivity index (χ0n) is 15.8. The molecule has 4 nitrogen and oxygen atoms in total. The lowest BCUT2D eigenvalue weighted by Crippen LogP contribution is -2.27. The molecule has 0 aliphatic carbocycles. The molecule has 0 unspecified atom stereocenters. The lowest BCUT2D eigenvalue weighted by Gasteiger charge is -2.15. The van der Waals surface area contributed by atoms with Crippen molar-refractivity contribution in [3.63, 3.8) is 0 Å². The average Bonchev–Trinajstić information content (AvgIpc) is 2.90. The van der Waals surface area contributed by atoms with Crippen molar-refractivity contribution < 1.29 is 14.3 Å². The first-order valence-electron chi connectivity index (χ1n) is 8.86. The zero-order valence-corrected chi connectivity index (χ0v) is 18.2. The second kappa shape index (κ2) is 8.99. The number of thiocarbonyl (C=S) groups is 1. The standard InChI is InChI=1S/C21H20ClNO3S2/c1-4-25-18-10-14(8-9-17(18)26-13(2)3)11-19-20(24)23(21(27)28-19)16-7-5-6-15(22)12-16/h5-13H,4H2,1-3H3/b19-11-. The number of rotatable bonds is 6.